The first-order valence-electron chi connectivity index (χ1n) is 4.30. The Kier molecular flexibility index (Phi) is 7.34. The van der Waals surface area contributed by atoms with Crippen LogP contribution in [0.15, 0.2) is 12.7 Å². The monoisotopic (exact) mass is 292 g/mol. The van der Waals surface area contributed by atoms with Gasteiger partial charge in [0.15, 0.2) is 6.29 Å². The van der Waals surface area contributed by atoms with E-state index in [0.29, 0.717) is 0 Å². The van der Waals surface area contributed by atoms with Gasteiger partial charge in [0.2, 0.25) is 0 Å². The number of phosphoric ester groups is 2. The SMILES string of the molecule is C=CCOC(CCOP(=O)(O)O)OP(=O)(O)O. The number of hydrogen-bond donors (Lipinski definition) is 4. The molecule has 0 spiro atoms. The van der Waals surface area contributed by atoms with E-state index >= 15 is 0 Å². The summed E-state index contributed by atoms with van der Waals surface area (Å²) < 4.78 is 34.0. The molecule has 0 heterocycles. The molecule has 9 nitrogen and oxygen atoms in total. The van der Waals surface area contributed by atoms with Gasteiger partial charge in [0.25, 0.3) is 0 Å². The van der Waals surface area contributed by atoms with Crippen LogP contribution in [0.3, 0.4) is 0 Å². The summed E-state index contributed by atoms with van der Waals surface area (Å²) in [7, 11) is -9.38. The third-order valence-corrected chi connectivity index (χ3v) is 2.30. The fourth-order valence-electron chi connectivity index (χ4n) is 0.763. The predicted molar refractivity (Wildman–Crippen MR) is 55.7 cm³/mol. The minimum absolute atomic E-state index is 0.0411. The van der Waals surface area contributed by atoms with Gasteiger partial charge in [-0.1, -0.05) is 6.08 Å². The van der Waals surface area contributed by atoms with Gasteiger partial charge in [0.1, 0.15) is 0 Å². The highest BCUT2D eigenvalue weighted by Crippen LogP contribution is 2.39. The van der Waals surface area contributed by atoms with Crippen LogP contribution in [0.4, 0.5) is 0 Å². The first-order valence-corrected chi connectivity index (χ1v) is 7.36. The lowest BCUT2D eigenvalue weighted by Gasteiger charge is -2.17. The molecular weight excluding hydrogens is 278 g/mol. The highest BCUT2D eigenvalue weighted by atomic mass is 31.2. The van der Waals surface area contributed by atoms with Gasteiger partial charge in [0, 0.05) is 6.42 Å². The van der Waals surface area contributed by atoms with E-state index in [2.05, 4.69) is 15.6 Å². The van der Waals surface area contributed by atoms with Crippen LogP contribution in [0.2, 0.25) is 0 Å². The van der Waals surface area contributed by atoms with Crippen LogP contribution in [-0.4, -0.2) is 39.1 Å². The van der Waals surface area contributed by atoms with Gasteiger partial charge in [-0.15, -0.1) is 6.58 Å². The van der Waals surface area contributed by atoms with E-state index in [1.807, 2.05) is 0 Å². The molecule has 0 amide bonds. The number of rotatable bonds is 9. The smallest absolute Gasteiger partial charge is 0.348 e. The van der Waals surface area contributed by atoms with Crippen LogP contribution < -0.4 is 0 Å². The summed E-state index contributed by atoms with van der Waals surface area (Å²) in [5.74, 6) is 0. The zero-order valence-electron chi connectivity index (χ0n) is 8.71. The van der Waals surface area contributed by atoms with Crippen molar-refractivity contribution in [2.24, 2.45) is 0 Å². The predicted octanol–water partition coefficient (Wildman–Crippen LogP) is 0.124. The van der Waals surface area contributed by atoms with E-state index in [1.165, 1.54) is 6.08 Å². The highest BCUT2D eigenvalue weighted by Gasteiger charge is 2.23. The summed E-state index contributed by atoms with van der Waals surface area (Å²) in [4.78, 5) is 33.8. The standard InChI is InChI=1S/C6H14O9P2/c1-2-4-13-6(15-17(10,11)12)3-5-14-16(7,8)9/h2,6H,1,3-5H2,(H2,7,8,9)(H2,10,11,12). The summed E-state index contributed by atoms with van der Waals surface area (Å²) in [6, 6.07) is 0. The summed E-state index contributed by atoms with van der Waals surface area (Å²) in [5, 5.41) is 0. The number of ether oxygens (including phenoxy) is 1. The van der Waals surface area contributed by atoms with Crippen molar-refractivity contribution < 1.29 is 42.5 Å². The lowest BCUT2D eigenvalue weighted by molar-refractivity contribution is -0.0918. The van der Waals surface area contributed by atoms with E-state index in [1.54, 1.807) is 0 Å². The zero-order chi connectivity index (χ0) is 13.5. The maximum Gasteiger partial charge on any atom is 0.471 e. The van der Waals surface area contributed by atoms with Crippen molar-refractivity contribution in [2.75, 3.05) is 13.2 Å². The molecule has 0 saturated heterocycles. The first-order chi connectivity index (χ1) is 7.64. The van der Waals surface area contributed by atoms with E-state index in [9.17, 15) is 9.13 Å². The molecule has 1 unspecified atom stereocenters. The van der Waals surface area contributed by atoms with Gasteiger partial charge in [-0.05, 0) is 0 Å². The maximum absolute atomic E-state index is 10.5. The molecule has 0 aliphatic rings. The van der Waals surface area contributed by atoms with Crippen molar-refractivity contribution in [3.63, 3.8) is 0 Å². The normalized spacial score (nSPS) is 14.6. The van der Waals surface area contributed by atoms with Crippen LogP contribution in [0.5, 0.6) is 0 Å². The molecule has 17 heavy (non-hydrogen) atoms. The van der Waals surface area contributed by atoms with Gasteiger partial charge in [-0.3, -0.25) is 9.05 Å². The van der Waals surface area contributed by atoms with Gasteiger partial charge in [0.05, 0.1) is 13.2 Å². The van der Waals surface area contributed by atoms with Crippen molar-refractivity contribution in [1.29, 1.82) is 0 Å². The third kappa shape index (κ3) is 12.2. The van der Waals surface area contributed by atoms with Gasteiger partial charge >= 0.3 is 15.6 Å². The Labute approximate surface area is 97.5 Å². The minimum Gasteiger partial charge on any atom is -0.348 e. The highest BCUT2D eigenvalue weighted by molar-refractivity contribution is 7.46. The van der Waals surface area contributed by atoms with Crippen LogP contribution >= 0.6 is 15.6 Å². The lowest BCUT2D eigenvalue weighted by Crippen LogP contribution is -2.18. The van der Waals surface area contributed by atoms with E-state index in [0.717, 1.165) is 0 Å². The molecule has 0 bridgehead atoms. The fraction of sp³-hybridized carbons (Fsp3) is 0.667. The number of phosphoric acid groups is 2. The van der Waals surface area contributed by atoms with Gasteiger partial charge < -0.3 is 24.3 Å². The fourth-order valence-corrected chi connectivity index (χ4v) is 1.58. The molecule has 0 aliphatic carbocycles. The van der Waals surface area contributed by atoms with Crippen LogP contribution in [0, 0.1) is 0 Å². The molecule has 4 N–H and O–H groups in total. The van der Waals surface area contributed by atoms with E-state index in [4.69, 9.17) is 24.3 Å². The van der Waals surface area contributed by atoms with Crippen LogP contribution in [0.1, 0.15) is 6.42 Å². The average molecular weight is 292 g/mol. The second kappa shape index (κ2) is 7.38. The molecule has 0 aromatic rings. The Bertz CT molecular complexity index is 317. The second-order valence-corrected chi connectivity index (χ2v) is 5.19. The first kappa shape index (κ1) is 16.9. The van der Waals surface area contributed by atoms with E-state index in [-0.39, 0.29) is 13.0 Å². The Morgan fingerprint density at radius 2 is 1.76 bits per heavy atom. The molecule has 0 rings (SSSR count). The van der Waals surface area contributed by atoms with Crippen LogP contribution in [-0.2, 0) is 22.9 Å². The summed E-state index contributed by atoms with van der Waals surface area (Å²) in [6.45, 7) is 2.80. The molecule has 0 fully saturated rings. The summed E-state index contributed by atoms with van der Waals surface area (Å²) >= 11 is 0. The molecule has 102 valence electrons. The Balaban J connectivity index is 4.15. The molecule has 0 aromatic carbocycles. The topological polar surface area (TPSA) is 143 Å². The van der Waals surface area contributed by atoms with Gasteiger partial charge in [-0.25, -0.2) is 9.13 Å². The molecule has 0 radical (unpaired) electrons. The molecule has 0 aromatic heterocycles. The molecule has 0 saturated carbocycles. The second-order valence-electron chi connectivity index (χ2n) is 2.76. The van der Waals surface area contributed by atoms with Crippen LogP contribution in [0.25, 0.3) is 0 Å². The minimum atomic E-state index is -4.75. The van der Waals surface area contributed by atoms with Gasteiger partial charge in [-0.2, -0.15) is 0 Å². The summed E-state index contributed by atoms with van der Waals surface area (Å²) in [6.07, 6.45) is -0.287. The lowest BCUT2D eigenvalue weighted by atomic mass is 10.4. The zero-order valence-corrected chi connectivity index (χ0v) is 10.5. The molecule has 0 aliphatic heterocycles. The maximum atomic E-state index is 10.5. The van der Waals surface area contributed by atoms with Crippen molar-refractivity contribution in [3.05, 3.63) is 12.7 Å². The largest absolute Gasteiger partial charge is 0.471 e. The van der Waals surface area contributed by atoms with E-state index < -0.39 is 28.5 Å². The third-order valence-electron chi connectivity index (χ3n) is 1.27. The Morgan fingerprint density at radius 3 is 2.18 bits per heavy atom. The Morgan fingerprint density at radius 1 is 1.18 bits per heavy atom. The van der Waals surface area contributed by atoms with Crippen molar-refractivity contribution in [2.45, 2.75) is 12.7 Å². The molecular formula is C6H14O9P2. The molecule has 11 heteroatoms. The van der Waals surface area contributed by atoms with Crippen molar-refractivity contribution in [1.82, 2.24) is 0 Å². The van der Waals surface area contributed by atoms with Crippen molar-refractivity contribution in [3.8, 4) is 0 Å². The molecule has 1 atom stereocenters. The number of hydrogen-bond acceptors (Lipinski definition) is 5. The average Bonchev–Trinajstić information content (AvgIpc) is 2.09. The van der Waals surface area contributed by atoms with Crippen molar-refractivity contribution >= 4 is 15.6 Å². The summed E-state index contributed by atoms with van der Waals surface area (Å²) in [5.41, 5.74) is 0. The quantitative estimate of drug-likeness (QED) is 0.264. The Hall–Kier alpha value is -0.0800.